The number of nitrogens with two attached hydrogens (primary N) is 1. The number of ether oxygens (including phenoxy) is 1. The highest BCUT2D eigenvalue weighted by Crippen LogP contribution is 2.27. The summed E-state index contributed by atoms with van der Waals surface area (Å²) in [6, 6.07) is 15.7. The third kappa shape index (κ3) is 3.83. The van der Waals surface area contributed by atoms with Crippen molar-refractivity contribution >= 4 is 11.7 Å². The molecule has 0 bridgehead atoms. The number of nitrogen functional groups attached to an aromatic ring is 1. The number of aryl methyl sites for hydroxylation is 1. The molecule has 0 aliphatic carbocycles. The van der Waals surface area contributed by atoms with E-state index in [0.29, 0.717) is 5.69 Å². The highest BCUT2D eigenvalue weighted by atomic mass is 16.5. The summed E-state index contributed by atoms with van der Waals surface area (Å²) in [7, 11) is 1.38. The summed E-state index contributed by atoms with van der Waals surface area (Å²) in [5.41, 5.74) is 9.95. The minimum Gasteiger partial charge on any atom is -0.468 e. The van der Waals surface area contributed by atoms with Crippen LogP contribution in [0.15, 0.2) is 48.5 Å². The normalized spacial score (nSPS) is 11.9. The molecule has 0 aromatic heterocycles. The van der Waals surface area contributed by atoms with Gasteiger partial charge in [0.05, 0.1) is 19.7 Å². The SMILES string of the molecule is COC(=O)CN[C@@H](c1ccccc1)c1cc(C)ccc1N. The second-order valence-electron chi connectivity index (χ2n) is 4.93. The summed E-state index contributed by atoms with van der Waals surface area (Å²) in [5.74, 6) is -0.304. The predicted molar refractivity (Wildman–Crippen MR) is 83.9 cm³/mol. The first-order valence-electron chi connectivity index (χ1n) is 6.83. The molecule has 0 aliphatic rings. The highest BCUT2D eigenvalue weighted by Gasteiger charge is 2.17. The van der Waals surface area contributed by atoms with E-state index in [1.807, 2.05) is 55.5 Å². The van der Waals surface area contributed by atoms with Gasteiger partial charge in [0, 0.05) is 5.69 Å². The zero-order valence-corrected chi connectivity index (χ0v) is 12.3. The number of hydrogen-bond donors (Lipinski definition) is 2. The van der Waals surface area contributed by atoms with Gasteiger partial charge in [-0.25, -0.2) is 0 Å². The molecule has 4 nitrogen and oxygen atoms in total. The van der Waals surface area contributed by atoms with E-state index >= 15 is 0 Å². The second kappa shape index (κ2) is 6.90. The molecule has 0 spiro atoms. The predicted octanol–water partition coefficient (Wildman–Crippen LogP) is 2.43. The second-order valence-corrected chi connectivity index (χ2v) is 4.93. The number of hydrogen-bond acceptors (Lipinski definition) is 4. The van der Waals surface area contributed by atoms with Gasteiger partial charge in [0.2, 0.25) is 0 Å². The molecule has 0 fully saturated rings. The van der Waals surface area contributed by atoms with Crippen LogP contribution >= 0.6 is 0 Å². The van der Waals surface area contributed by atoms with E-state index in [2.05, 4.69) is 5.32 Å². The third-order valence-electron chi connectivity index (χ3n) is 3.36. The minimum atomic E-state index is -0.304. The van der Waals surface area contributed by atoms with Gasteiger partial charge in [-0.15, -0.1) is 0 Å². The van der Waals surface area contributed by atoms with Gasteiger partial charge in [0.1, 0.15) is 0 Å². The number of rotatable bonds is 5. The molecule has 0 saturated heterocycles. The maximum Gasteiger partial charge on any atom is 0.319 e. The Morgan fingerprint density at radius 2 is 1.95 bits per heavy atom. The molecular weight excluding hydrogens is 264 g/mol. The lowest BCUT2D eigenvalue weighted by Gasteiger charge is -2.21. The molecule has 2 aromatic rings. The zero-order valence-electron chi connectivity index (χ0n) is 12.3. The number of carbonyl (C=O) groups is 1. The Morgan fingerprint density at radius 3 is 2.62 bits per heavy atom. The molecule has 0 radical (unpaired) electrons. The summed E-state index contributed by atoms with van der Waals surface area (Å²) in [5, 5.41) is 3.22. The van der Waals surface area contributed by atoms with Crippen LogP contribution in [-0.2, 0) is 9.53 Å². The molecule has 0 heterocycles. The first-order valence-corrected chi connectivity index (χ1v) is 6.83. The van der Waals surface area contributed by atoms with Gasteiger partial charge in [0.15, 0.2) is 0 Å². The van der Waals surface area contributed by atoms with Crippen molar-refractivity contribution in [1.29, 1.82) is 0 Å². The van der Waals surface area contributed by atoms with Crippen LogP contribution in [0.5, 0.6) is 0 Å². The number of esters is 1. The summed E-state index contributed by atoms with van der Waals surface area (Å²) in [6.07, 6.45) is 0. The van der Waals surface area contributed by atoms with E-state index in [1.165, 1.54) is 7.11 Å². The van der Waals surface area contributed by atoms with E-state index in [-0.39, 0.29) is 18.6 Å². The Bertz CT molecular complexity index is 611. The first-order chi connectivity index (χ1) is 10.1. The van der Waals surface area contributed by atoms with Gasteiger partial charge < -0.3 is 10.5 Å². The van der Waals surface area contributed by atoms with Crippen molar-refractivity contribution in [3.8, 4) is 0 Å². The summed E-state index contributed by atoms with van der Waals surface area (Å²) in [6.45, 7) is 2.15. The number of anilines is 1. The van der Waals surface area contributed by atoms with Crippen LogP contribution in [0.1, 0.15) is 22.7 Å². The van der Waals surface area contributed by atoms with E-state index in [0.717, 1.165) is 16.7 Å². The number of carbonyl (C=O) groups excluding carboxylic acids is 1. The van der Waals surface area contributed by atoms with Crippen LogP contribution in [0, 0.1) is 6.92 Å². The van der Waals surface area contributed by atoms with Crippen molar-refractivity contribution in [3.63, 3.8) is 0 Å². The van der Waals surface area contributed by atoms with Crippen LogP contribution in [0.2, 0.25) is 0 Å². The maximum absolute atomic E-state index is 11.4. The average molecular weight is 284 g/mol. The fourth-order valence-corrected chi connectivity index (χ4v) is 2.25. The lowest BCUT2D eigenvalue weighted by atomic mass is 9.96. The Labute approximate surface area is 124 Å². The number of nitrogens with one attached hydrogen (secondary N) is 1. The van der Waals surface area contributed by atoms with E-state index in [9.17, 15) is 4.79 Å². The highest BCUT2D eigenvalue weighted by molar-refractivity contribution is 5.71. The third-order valence-corrected chi connectivity index (χ3v) is 3.36. The Hall–Kier alpha value is -2.33. The minimum absolute atomic E-state index is 0.128. The Kier molecular flexibility index (Phi) is 4.95. The van der Waals surface area contributed by atoms with Crippen molar-refractivity contribution in [2.75, 3.05) is 19.4 Å². The lowest BCUT2D eigenvalue weighted by molar-refractivity contribution is -0.139. The quantitative estimate of drug-likeness (QED) is 0.654. The van der Waals surface area contributed by atoms with Crippen molar-refractivity contribution in [1.82, 2.24) is 5.32 Å². The smallest absolute Gasteiger partial charge is 0.319 e. The van der Waals surface area contributed by atoms with E-state index < -0.39 is 0 Å². The van der Waals surface area contributed by atoms with Crippen LogP contribution in [0.4, 0.5) is 5.69 Å². The van der Waals surface area contributed by atoms with Crippen LogP contribution in [0.3, 0.4) is 0 Å². The van der Waals surface area contributed by atoms with Gasteiger partial charge in [-0.3, -0.25) is 10.1 Å². The van der Waals surface area contributed by atoms with Crippen LogP contribution in [0.25, 0.3) is 0 Å². The van der Waals surface area contributed by atoms with Crippen molar-refractivity contribution < 1.29 is 9.53 Å². The van der Waals surface area contributed by atoms with Crippen LogP contribution < -0.4 is 11.1 Å². The zero-order chi connectivity index (χ0) is 15.2. The summed E-state index contributed by atoms with van der Waals surface area (Å²) >= 11 is 0. The van der Waals surface area contributed by atoms with Gasteiger partial charge in [-0.2, -0.15) is 0 Å². The molecular formula is C17H20N2O2. The summed E-state index contributed by atoms with van der Waals surface area (Å²) in [4.78, 5) is 11.4. The molecule has 4 heteroatoms. The molecule has 2 rings (SSSR count). The number of methoxy groups -OCH3 is 1. The van der Waals surface area contributed by atoms with E-state index in [1.54, 1.807) is 0 Å². The molecule has 21 heavy (non-hydrogen) atoms. The van der Waals surface area contributed by atoms with Crippen molar-refractivity contribution in [2.24, 2.45) is 0 Å². The molecule has 0 saturated carbocycles. The fourth-order valence-electron chi connectivity index (χ4n) is 2.25. The van der Waals surface area contributed by atoms with Crippen molar-refractivity contribution in [3.05, 3.63) is 65.2 Å². The molecule has 110 valence electrons. The van der Waals surface area contributed by atoms with Crippen LogP contribution in [-0.4, -0.2) is 19.6 Å². The maximum atomic E-state index is 11.4. The molecule has 2 aromatic carbocycles. The molecule has 3 N–H and O–H groups in total. The standard InChI is InChI=1S/C17H20N2O2/c1-12-8-9-15(18)14(10-12)17(19-11-16(20)21-2)13-6-4-3-5-7-13/h3-10,17,19H,11,18H2,1-2H3/t17-/m0/s1. The lowest BCUT2D eigenvalue weighted by Crippen LogP contribution is -2.29. The summed E-state index contributed by atoms with van der Waals surface area (Å²) < 4.78 is 4.69. The molecule has 0 unspecified atom stereocenters. The fraction of sp³-hybridized carbons (Fsp3) is 0.235. The van der Waals surface area contributed by atoms with Gasteiger partial charge in [0.25, 0.3) is 0 Å². The Balaban J connectivity index is 2.35. The monoisotopic (exact) mass is 284 g/mol. The van der Waals surface area contributed by atoms with Gasteiger partial charge >= 0.3 is 5.97 Å². The number of benzene rings is 2. The average Bonchev–Trinajstić information content (AvgIpc) is 2.51. The topological polar surface area (TPSA) is 64.3 Å². The molecule has 1 atom stereocenters. The van der Waals surface area contributed by atoms with E-state index in [4.69, 9.17) is 10.5 Å². The van der Waals surface area contributed by atoms with Gasteiger partial charge in [-0.05, 0) is 24.1 Å². The first kappa shape index (κ1) is 15.1. The Morgan fingerprint density at radius 1 is 1.24 bits per heavy atom. The molecule has 0 aliphatic heterocycles. The van der Waals surface area contributed by atoms with Gasteiger partial charge in [-0.1, -0.05) is 48.0 Å². The molecule has 0 amide bonds. The van der Waals surface area contributed by atoms with Crippen molar-refractivity contribution in [2.45, 2.75) is 13.0 Å². The largest absolute Gasteiger partial charge is 0.468 e.